The van der Waals surface area contributed by atoms with E-state index in [0.717, 1.165) is 40.8 Å². The summed E-state index contributed by atoms with van der Waals surface area (Å²) in [5.41, 5.74) is 1.56. The Morgan fingerprint density at radius 2 is 2.00 bits per heavy atom. The minimum atomic E-state index is -0.491. The smallest absolute Gasteiger partial charge is 0.411 e. The number of H-pyrrole nitrogens is 1. The molecule has 1 aromatic carbocycles. The van der Waals surface area contributed by atoms with Gasteiger partial charge in [-0.1, -0.05) is 28.1 Å². The Morgan fingerprint density at radius 1 is 1.27 bits per heavy atom. The molecule has 2 aliphatic rings. The van der Waals surface area contributed by atoms with E-state index >= 15 is 0 Å². The van der Waals surface area contributed by atoms with E-state index in [9.17, 15) is 4.79 Å². The van der Waals surface area contributed by atoms with Crippen LogP contribution >= 0.6 is 15.9 Å². The quantitative estimate of drug-likeness (QED) is 0.720. The van der Waals surface area contributed by atoms with Crippen LogP contribution in [0.4, 0.5) is 4.79 Å². The van der Waals surface area contributed by atoms with Crippen LogP contribution in [-0.4, -0.2) is 32.6 Å². The summed E-state index contributed by atoms with van der Waals surface area (Å²) >= 11 is 3.46. The number of nitrogens with one attached hydrogen (secondary N) is 1. The molecule has 2 fully saturated rings. The van der Waals surface area contributed by atoms with Gasteiger partial charge in [0.05, 0.1) is 17.9 Å². The fourth-order valence-electron chi connectivity index (χ4n) is 4.18. The van der Waals surface area contributed by atoms with Gasteiger partial charge in [0.15, 0.2) is 0 Å². The summed E-state index contributed by atoms with van der Waals surface area (Å²) in [6.07, 6.45) is 4.87. The lowest BCUT2D eigenvalue weighted by Crippen LogP contribution is -2.43. The van der Waals surface area contributed by atoms with Crippen LogP contribution in [-0.2, 0) is 4.74 Å². The molecule has 2 aromatic rings. The highest BCUT2D eigenvalue weighted by Crippen LogP contribution is 2.50. The lowest BCUT2D eigenvalue weighted by atomic mass is 9.98. The molecule has 1 amide bonds. The van der Waals surface area contributed by atoms with Crippen molar-refractivity contribution in [2.45, 2.75) is 57.7 Å². The number of fused-ring (bicyclic) bond motifs is 2. The van der Waals surface area contributed by atoms with E-state index in [-0.39, 0.29) is 18.2 Å². The summed E-state index contributed by atoms with van der Waals surface area (Å²) in [7, 11) is 0. The van der Waals surface area contributed by atoms with Crippen LogP contribution in [0.1, 0.15) is 51.9 Å². The minimum absolute atomic E-state index is 0.0206. The highest BCUT2D eigenvalue weighted by atomic mass is 79.9. The van der Waals surface area contributed by atoms with Crippen molar-refractivity contribution >= 4 is 22.0 Å². The normalized spacial score (nSPS) is 24.9. The van der Waals surface area contributed by atoms with Gasteiger partial charge in [-0.05, 0) is 63.6 Å². The average molecular weight is 418 g/mol. The van der Waals surface area contributed by atoms with Gasteiger partial charge in [0, 0.05) is 10.5 Å². The van der Waals surface area contributed by atoms with Gasteiger partial charge in [0.1, 0.15) is 11.4 Å². The first-order chi connectivity index (χ1) is 12.3. The molecule has 2 heterocycles. The first-order valence-corrected chi connectivity index (χ1v) is 9.93. The second kappa shape index (κ2) is 6.41. The van der Waals surface area contributed by atoms with Crippen molar-refractivity contribution < 1.29 is 9.53 Å². The number of hydrogen-bond acceptors (Lipinski definition) is 3. The molecule has 1 saturated heterocycles. The number of piperidine rings is 1. The molecule has 1 saturated carbocycles. The largest absolute Gasteiger partial charge is 0.444 e. The Balaban J connectivity index is 1.61. The summed E-state index contributed by atoms with van der Waals surface area (Å²) in [5, 5.41) is 0. The predicted molar refractivity (Wildman–Crippen MR) is 104 cm³/mol. The molecule has 26 heavy (non-hydrogen) atoms. The first kappa shape index (κ1) is 17.6. The molecule has 3 atom stereocenters. The molecular formula is C20H24BrN3O2. The third-order valence-corrected chi connectivity index (χ3v) is 5.75. The van der Waals surface area contributed by atoms with Crippen molar-refractivity contribution in [3.8, 4) is 11.3 Å². The highest BCUT2D eigenvalue weighted by molar-refractivity contribution is 9.10. The van der Waals surface area contributed by atoms with Gasteiger partial charge in [-0.3, -0.25) is 4.90 Å². The van der Waals surface area contributed by atoms with E-state index < -0.39 is 5.60 Å². The molecule has 6 heteroatoms. The number of rotatable bonds is 2. The standard InChI is InChI=1S/C20H24BrN3O2/c1-20(2,3)26-19(25)24-15-9-6-13(10-15)17(24)18-22-11-16(23-18)12-4-7-14(21)8-5-12/h4-5,7-8,11,13,15,17H,6,9-10H2,1-3H3,(H,22,23)/t13-,15?,17-/m0/s1. The van der Waals surface area contributed by atoms with Gasteiger partial charge in [-0.2, -0.15) is 0 Å². The number of halogens is 1. The maximum Gasteiger partial charge on any atom is 0.411 e. The number of likely N-dealkylation sites (tertiary alicyclic amines) is 1. The summed E-state index contributed by atoms with van der Waals surface area (Å²) in [4.78, 5) is 22.8. The zero-order valence-corrected chi connectivity index (χ0v) is 16.9. The fraction of sp³-hybridized carbons (Fsp3) is 0.500. The van der Waals surface area contributed by atoms with E-state index in [4.69, 9.17) is 4.74 Å². The SMILES string of the molecule is CC(C)(C)OC(=O)N1C2CC[C@@H](C2)[C@H]1c1ncc(-c2ccc(Br)cc2)[nH]1. The van der Waals surface area contributed by atoms with Crippen LogP contribution in [0.15, 0.2) is 34.9 Å². The zero-order valence-electron chi connectivity index (χ0n) is 15.3. The number of aromatic amines is 1. The third-order valence-electron chi connectivity index (χ3n) is 5.22. The lowest BCUT2D eigenvalue weighted by Gasteiger charge is -2.35. The molecule has 138 valence electrons. The minimum Gasteiger partial charge on any atom is -0.444 e. The van der Waals surface area contributed by atoms with Crippen molar-refractivity contribution in [2.24, 2.45) is 5.92 Å². The summed E-state index contributed by atoms with van der Waals surface area (Å²) in [6, 6.07) is 8.37. The molecule has 5 nitrogen and oxygen atoms in total. The molecule has 1 aliphatic carbocycles. The van der Waals surface area contributed by atoms with Crippen molar-refractivity contribution in [3.63, 3.8) is 0 Å². The van der Waals surface area contributed by atoms with Crippen LogP contribution in [0.5, 0.6) is 0 Å². The molecule has 4 rings (SSSR count). The highest BCUT2D eigenvalue weighted by Gasteiger charge is 2.51. The van der Waals surface area contributed by atoms with E-state index in [2.05, 4.69) is 25.9 Å². The van der Waals surface area contributed by atoms with Gasteiger partial charge in [0.25, 0.3) is 0 Å². The van der Waals surface area contributed by atoms with Crippen LogP contribution in [0.2, 0.25) is 0 Å². The molecule has 1 aliphatic heterocycles. The van der Waals surface area contributed by atoms with E-state index in [0.29, 0.717) is 5.92 Å². The second-order valence-corrected chi connectivity index (χ2v) is 9.16. The third kappa shape index (κ3) is 3.27. The van der Waals surface area contributed by atoms with Crippen LogP contribution < -0.4 is 0 Å². The van der Waals surface area contributed by atoms with Crippen molar-refractivity contribution in [2.75, 3.05) is 0 Å². The number of hydrogen-bond donors (Lipinski definition) is 1. The van der Waals surface area contributed by atoms with Crippen molar-refractivity contribution in [3.05, 3.63) is 40.8 Å². The zero-order chi connectivity index (χ0) is 18.5. The summed E-state index contributed by atoms with van der Waals surface area (Å²) in [6.45, 7) is 5.73. The van der Waals surface area contributed by atoms with Crippen LogP contribution in [0, 0.1) is 5.92 Å². The molecule has 1 N–H and O–H groups in total. The maximum atomic E-state index is 12.8. The molecular weight excluding hydrogens is 394 g/mol. The fourth-order valence-corrected chi connectivity index (χ4v) is 4.44. The summed E-state index contributed by atoms with van der Waals surface area (Å²) in [5.74, 6) is 1.32. The molecule has 1 unspecified atom stereocenters. The summed E-state index contributed by atoms with van der Waals surface area (Å²) < 4.78 is 6.72. The Hall–Kier alpha value is -1.82. The number of carbonyl (C=O) groups is 1. The topological polar surface area (TPSA) is 58.2 Å². The predicted octanol–water partition coefficient (Wildman–Crippen LogP) is 5.30. The monoisotopic (exact) mass is 417 g/mol. The second-order valence-electron chi connectivity index (χ2n) is 8.25. The van der Waals surface area contributed by atoms with E-state index in [1.165, 1.54) is 0 Å². The van der Waals surface area contributed by atoms with Gasteiger partial charge in [0.2, 0.25) is 0 Å². The lowest BCUT2D eigenvalue weighted by molar-refractivity contribution is 0.00620. The molecule has 0 spiro atoms. The van der Waals surface area contributed by atoms with Gasteiger partial charge in [-0.15, -0.1) is 0 Å². The Labute approximate surface area is 162 Å². The van der Waals surface area contributed by atoms with Gasteiger partial charge >= 0.3 is 6.09 Å². The number of amides is 1. The number of carbonyl (C=O) groups excluding carboxylic acids is 1. The van der Waals surface area contributed by atoms with E-state index in [1.807, 2.05) is 56.1 Å². The first-order valence-electron chi connectivity index (χ1n) is 9.14. The van der Waals surface area contributed by atoms with Crippen LogP contribution in [0.25, 0.3) is 11.3 Å². The van der Waals surface area contributed by atoms with Crippen molar-refractivity contribution in [1.82, 2.24) is 14.9 Å². The number of aromatic nitrogens is 2. The molecule has 2 bridgehead atoms. The molecule has 1 aromatic heterocycles. The van der Waals surface area contributed by atoms with E-state index in [1.54, 1.807) is 0 Å². The number of imidazole rings is 1. The van der Waals surface area contributed by atoms with Gasteiger partial charge < -0.3 is 9.72 Å². The molecule has 0 radical (unpaired) electrons. The number of nitrogens with zero attached hydrogens (tertiary/aromatic N) is 2. The number of ether oxygens (including phenoxy) is 1. The van der Waals surface area contributed by atoms with Gasteiger partial charge in [-0.25, -0.2) is 9.78 Å². The number of benzene rings is 1. The Kier molecular flexibility index (Phi) is 4.34. The Bertz CT molecular complexity index is 809. The Morgan fingerprint density at radius 3 is 2.69 bits per heavy atom. The maximum absolute atomic E-state index is 12.8. The average Bonchev–Trinajstić information content (AvgIpc) is 3.28. The van der Waals surface area contributed by atoms with Crippen LogP contribution in [0.3, 0.4) is 0 Å². The van der Waals surface area contributed by atoms with Crippen molar-refractivity contribution in [1.29, 1.82) is 0 Å².